The number of benzene rings is 2. The molecule has 0 aliphatic carbocycles. The fourth-order valence-corrected chi connectivity index (χ4v) is 3.17. The number of likely N-dealkylation sites (N-methyl/N-ethyl adjacent to an activating group) is 1. The van der Waals surface area contributed by atoms with E-state index in [4.69, 9.17) is 11.6 Å². The number of nitrogens with one attached hydrogen (secondary N) is 1. The van der Waals surface area contributed by atoms with E-state index in [0.29, 0.717) is 5.69 Å². The number of nitrogens with zero attached hydrogens (tertiary/aromatic N) is 3. The van der Waals surface area contributed by atoms with Gasteiger partial charge < -0.3 is 10.2 Å². The second-order valence-corrected chi connectivity index (χ2v) is 7.09. The first-order chi connectivity index (χ1) is 12.9. The van der Waals surface area contributed by atoms with Gasteiger partial charge in [-0.2, -0.15) is 0 Å². The lowest BCUT2D eigenvalue weighted by molar-refractivity contribution is -0.385. The third-order valence-electron chi connectivity index (χ3n) is 4.61. The van der Waals surface area contributed by atoms with Gasteiger partial charge >= 0.3 is 0 Å². The van der Waals surface area contributed by atoms with Gasteiger partial charge in [-0.1, -0.05) is 23.7 Å². The maximum absolute atomic E-state index is 12.4. The van der Waals surface area contributed by atoms with Crippen LogP contribution in [0.25, 0.3) is 0 Å². The van der Waals surface area contributed by atoms with Crippen molar-refractivity contribution in [3.05, 3.63) is 68.7 Å². The number of nitro benzene ring substituents is 1. The van der Waals surface area contributed by atoms with E-state index in [1.54, 1.807) is 0 Å². The largest absolute Gasteiger partial charge is 0.322 e. The van der Waals surface area contributed by atoms with Crippen LogP contribution < -0.4 is 5.32 Å². The quantitative estimate of drug-likeness (QED) is 0.628. The first-order valence-electron chi connectivity index (χ1n) is 8.67. The second-order valence-electron chi connectivity index (χ2n) is 6.65. The topological polar surface area (TPSA) is 78.7 Å². The summed E-state index contributed by atoms with van der Waals surface area (Å²) in [7, 11) is 2.12. The summed E-state index contributed by atoms with van der Waals surface area (Å²) in [5.41, 5.74) is 1.42. The molecule has 142 valence electrons. The number of rotatable bonds is 5. The number of piperazine rings is 1. The van der Waals surface area contributed by atoms with Crippen molar-refractivity contribution in [1.29, 1.82) is 0 Å². The van der Waals surface area contributed by atoms with Crippen LogP contribution in [0.3, 0.4) is 0 Å². The van der Waals surface area contributed by atoms with E-state index in [2.05, 4.69) is 22.2 Å². The van der Waals surface area contributed by atoms with Gasteiger partial charge in [-0.25, -0.2) is 0 Å². The first-order valence-corrected chi connectivity index (χ1v) is 9.05. The molecule has 1 fully saturated rings. The highest BCUT2D eigenvalue weighted by Crippen LogP contribution is 2.24. The minimum atomic E-state index is -0.611. The average Bonchev–Trinajstić information content (AvgIpc) is 2.65. The van der Waals surface area contributed by atoms with E-state index in [-0.39, 0.29) is 16.3 Å². The van der Waals surface area contributed by atoms with Crippen molar-refractivity contribution in [1.82, 2.24) is 9.80 Å². The molecule has 0 saturated carbocycles. The van der Waals surface area contributed by atoms with Crippen LogP contribution in [0.5, 0.6) is 0 Å². The van der Waals surface area contributed by atoms with Crippen molar-refractivity contribution >= 4 is 28.9 Å². The van der Waals surface area contributed by atoms with Crippen molar-refractivity contribution in [2.24, 2.45) is 0 Å². The number of hydrogen-bond donors (Lipinski definition) is 1. The predicted molar refractivity (Wildman–Crippen MR) is 105 cm³/mol. The molecule has 7 nitrogen and oxygen atoms in total. The van der Waals surface area contributed by atoms with Crippen molar-refractivity contribution < 1.29 is 9.72 Å². The van der Waals surface area contributed by atoms with Gasteiger partial charge in [-0.3, -0.25) is 19.8 Å². The molecule has 1 aliphatic rings. The monoisotopic (exact) mass is 388 g/mol. The number of anilines is 1. The lowest BCUT2D eigenvalue weighted by atomic mass is 10.1. The van der Waals surface area contributed by atoms with Crippen LogP contribution in [0.1, 0.15) is 15.9 Å². The Morgan fingerprint density at radius 3 is 2.44 bits per heavy atom. The highest BCUT2D eigenvalue weighted by molar-refractivity contribution is 6.31. The molecule has 0 radical (unpaired) electrons. The van der Waals surface area contributed by atoms with Crippen LogP contribution in [0.15, 0.2) is 42.5 Å². The Morgan fingerprint density at radius 2 is 1.81 bits per heavy atom. The molecule has 1 saturated heterocycles. The molecule has 1 amide bonds. The molecule has 27 heavy (non-hydrogen) atoms. The van der Waals surface area contributed by atoms with Gasteiger partial charge in [-0.15, -0.1) is 0 Å². The van der Waals surface area contributed by atoms with Gasteiger partial charge in [0.2, 0.25) is 0 Å². The summed E-state index contributed by atoms with van der Waals surface area (Å²) < 4.78 is 0. The zero-order valence-corrected chi connectivity index (χ0v) is 15.8. The van der Waals surface area contributed by atoms with Crippen LogP contribution in [-0.2, 0) is 6.54 Å². The molecule has 2 aromatic rings. The first kappa shape index (κ1) is 19.3. The predicted octanol–water partition coefficient (Wildman–Crippen LogP) is 3.25. The zero-order valence-electron chi connectivity index (χ0n) is 15.0. The summed E-state index contributed by atoms with van der Waals surface area (Å²) >= 11 is 5.79. The lowest BCUT2D eigenvalue weighted by Crippen LogP contribution is -2.43. The maximum atomic E-state index is 12.4. The van der Waals surface area contributed by atoms with Gasteiger partial charge in [0.15, 0.2) is 0 Å². The Labute approximate surface area is 162 Å². The minimum Gasteiger partial charge on any atom is -0.322 e. The molecule has 0 atom stereocenters. The number of carbonyl (C=O) groups excluding carboxylic acids is 1. The Morgan fingerprint density at radius 1 is 1.15 bits per heavy atom. The fourth-order valence-electron chi connectivity index (χ4n) is 3.00. The highest BCUT2D eigenvalue weighted by Gasteiger charge is 2.20. The number of nitro groups is 1. The Balaban J connectivity index is 1.64. The second kappa shape index (κ2) is 8.47. The van der Waals surface area contributed by atoms with Gasteiger partial charge in [0, 0.05) is 49.5 Å². The molecule has 0 unspecified atom stereocenters. The van der Waals surface area contributed by atoms with Crippen LogP contribution in [0.2, 0.25) is 5.02 Å². The van der Waals surface area contributed by atoms with E-state index < -0.39 is 10.8 Å². The van der Waals surface area contributed by atoms with Crippen molar-refractivity contribution in [2.45, 2.75) is 6.54 Å². The molecule has 0 bridgehead atoms. The Bertz CT molecular complexity index is 833. The van der Waals surface area contributed by atoms with Crippen LogP contribution >= 0.6 is 11.6 Å². The van der Waals surface area contributed by atoms with Crippen LogP contribution in [0, 0.1) is 10.1 Å². The van der Waals surface area contributed by atoms with E-state index in [1.807, 2.05) is 24.3 Å². The molecule has 1 heterocycles. The summed E-state index contributed by atoms with van der Waals surface area (Å²) in [5.74, 6) is -0.537. The highest BCUT2D eigenvalue weighted by atomic mass is 35.5. The van der Waals surface area contributed by atoms with Crippen molar-refractivity contribution in [3.8, 4) is 0 Å². The third kappa shape index (κ3) is 5.03. The third-order valence-corrected chi connectivity index (χ3v) is 4.85. The lowest BCUT2D eigenvalue weighted by Gasteiger charge is -2.32. The van der Waals surface area contributed by atoms with Gasteiger partial charge in [0.05, 0.1) is 4.92 Å². The molecule has 3 rings (SSSR count). The van der Waals surface area contributed by atoms with E-state index >= 15 is 0 Å². The summed E-state index contributed by atoms with van der Waals surface area (Å²) in [4.78, 5) is 27.6. The van der Waals surface area contributed by atoms with Crippen LogP contribution in [-0.4, -0.2) is 53.9 Å². The van der Waals surface area contributed by atoms with E-state index in [9.17, 15) is 14.9 Å². The van der Waals surface area contributed by atoms with Gasteiger partial charge in [0.25, 0.3) is 11.6 Å². The fraction of sp³-hybridized carbons (Fsp3) is 0.316. The molecule has 1 aliphatic heterocycles. The standard InChI is InChI=1S/C19H21ClN4O3/c1-22-8-10-23(11-9-22)13-14-2-5-16(6-3-14)21-19(25)17-7-4-15(20)12-18(17)24(26)27/h2-7,12H,8-11,13H2,1H3,(H,21,25). The number of carbonyl (C=O) groups is 1. The molecule has 1 N–H and O–H groups in total. The van der Waals surface area contributed by atoms with Gasteiger partial charge in [-0.05, 0) is 36.9 Å². The maximum Gasteiger partial charge on any atom is 0.283 e. The Hall–Kier alpha value is -2.48. The smallest absolute Gasteiger partial charge is 0.283 e. The summed E-state index contributed by atoms with van der Waals surface area (Å²) in [6, 6.07) is 11.5. The minimum absolute atomic E-state index is 0.0223. The number of halogens is 1. The summed E-state index contributed by atoms with van der Waals surface area (Å²) in [6.45, 7) is 5.07. The zero-order chi connectivity index (χ0) is 19.4. The van der Waals surface area contributed by atoms with Crippen molar-refractivity contribution in [2.75, 3.05) is 38.5 Å². The molecule has 8 heteroatoms. The molecule has 0 aromatic heterocycles. The van der Waals surface area contributed by atoms with E-state index in [1.165, 1.54) is 18.2 Å². The van der Waals surface area contributed by atoms with E-state index in [0.717, 1.165) is 38.3 Å². The molecular formula is C19H21ClN4O3. The normalized spacial score (nSPS) is 15.5. The molecule has 2 aromatic carbocycles. The van der Waals surface area contributed by atoms with Crippen LogP contribution in [0.4, 0.5) is 11.4 Å². The number of amides is 1. The molecular weight excluding hydrogens is 368 g/mol. The summed E-state index contributed by atoms with van der Waals surface area (Å²) in [5, 5.41) is 14.1. The molecule has 0 spiro atoms. The van der Waals surface area contributed by atoms with Crippen molar-refractivity contribution in [3.63, 3.8) is 0 Å². The SMILES string of the molecule is CN1CCN(Cc2ccc(NC(=O)c3ccc(Cl)cc3[N+](=O)[O-])cc2)CC1. The van der Waals surface area contributed by atoms with Gasteiger partial charge in [0.1, 0.15) is 5.56 Å². The average molecular weight is 389 g/mol. The number of hydrogen-bond acceptors (Lipinski definition) is 5. The Kier molecular flexibility index (Phi) is 6.05. The summed E-state index contributed by atoms with van der Waals surface area (Å²) in [6.07, 6.45) is 0.